The number of benzene rings is 2. The number of halogens is 1. The van der Waals surface area contributed by atoms with Gasteiger partial charge in [-0.2, -0.15) is 0 Å². The van der Waals surface area contributed by atoms with Gasteiger partial charge < -0.3 is 14.9 Å². The molecule has 0 radical (unpaired) electrons. The van der Waals surface area contributed by atoms with E-state index in [2.05, 4.69) is 0 Å². The summed E-state index contributed by atoms with van der Waals surface area (Å²) in [5, 5.41) is 9.52. The maximum absolute atomic E-state index is 13.8. The van der Waals surface area contributed by atoms with Gasteiger partial charge in [-0.1, -0.05) is 18.2 Å². The summed E-state index contributed by atoms with van der Waals surface area (Å²) >= 11 is 0. The first-order valence-corrected chi connectivity index (χ1v) is 8.18. The SMILES string of the molecule is O=C(c1cccc(O)c1)N1CCCN(C(=O)c2ccccc2F)CC1. The number of carbonyl (C=O) groups is 2. The smallest absolute Gasteiger partial charge is 0.256 e. The van der Waals surface area contributed by atoms with Crippen LogP contribution in [-0.2, 0) is 0 Å². The van der Waals surface area contributed by atoms with Crippen molar-refractivity contribution >= 4 is 11.8 Å². The zero-order valence-corrected chi connectivity index (χ0v) is 13.7. The molecule has 6 heteroatoms. The van der Waals surface area contributed by atoms with Crippen molar-refractivity contribution in [1.29, 1.82) is 0 Å². The van der Waals surface area contributed by atoms with Gasteiger partial charge in [0.1, 0.15) is 11.6 Å². The van der Waals surface area contributed by atoms with Crippen LogP contribution in [0, 0.1) is 5.82 Å². The first kappa shape index (κ1) is 17.0. The van der Waals surface area contributed by atoms with Crippen LogP contribution in [0.4, 0.5) is 4.39 Å². The van der Waals surface area contributed by atoms with Gasteiger partial charge in [-0.15, -0.1) is 0 Å². The Morgan fingerprint density at radius 1 is 0.880 bits per heavy atom. The topological polar surface area (TPSA) is 60.9 Å². The monoisotopic (exact) mass is 342 g/mol. The number of amides is 2. The molecular weight excluding hydrogens is 323 g/mol. The molecule has 0 spiro atoms. The van der Waals surface area contributed by atoms with Crippen molar-refractivity contribution in [3.05, 3.63) is 65.5 Å². The zero-order chi connectivity index (χ0) is 17.8. The van der Waals surface area contributed by atoms with Crippen LogP contribution in [0.3, 0.4) is 0 Å². The highest BCUT2D eigenvalue weighted by molar-refractivity contribution is 5.95. The molecule has 1 N–H and O–H groups in total. The average Bonchev–Trinajstić information content (AvgIpc) is 2.87. The summed E-state index contributed by atoms with van der Waals surface area (Å²) in [5.41, 5.74) is 0.462. The fourth-order valence-corrected chi connectivity index (χ4v) is 2.95. The van der Waals surface area contributed by atoms with Crippen LogP contribution in [0.25, 0.3) is 0 Å². The third-order valence-electron chi connectivity index (χ3n) is 4.27. The van der Waals surface area contributed by atoms with E-state index < -0.39 is 5.82 Å². The summed E-state index contributed by atoms with van der Waals surface area (Å²) in [6.45, 7) is 1.69. The van der Waals surface area contributed by atoms with Crippen molar-refractivity contribution < 1.29 is 19.1 Å². The molecule has 0 atom stereocenters. The predicted molar refractivity (Wildman–Crippen MR) is 90.9 cm³/mol. The Balaban J connectivity index is 1.69. The summed E-state index contributed by atoms with van der Waals surface area (Å²) in [5.74, 6) is -1.04. The molecule has 1 saturated heterocycles. The average molecular weight is 342 g/mol. The fraction of sp³-hybridized carbons (Fsp3) is 0.263. The van der Waals surface area contributed by atoms with Gasteiger partial charge in [0.25, 0.3) is 11.8 Å². The van der Waals surface area contributed by atoms with Crippen molar-refractivity contribution in [1.82, 2.24) is 9.80 Å². The van der Waals surface area contributed by atoms with Crippen LogP contribution in [0.1, 0.15) is 27.1 Å². The minimum absolute atomic E-state index is 0.0389. The number of hydrogen-bond donors (Lipinski definition) is 1. The quantitative estimate of drug-likeness (QED) is 0.912. The van der Waals surface area contributed by atoms with E-state index in [1.807, 2.05) is 0 Å². The van der Waals surface area contributed by atoms with Gasteiger partial charge in [-0.25, -0.2) is 4.39 Å². The lowest BCUT2D eigenvalue weighted by Crippen LogP contribution is -2.37. The van der Waals surface area contributed by atoms with E-state index in [0.29, 0.717) is 38.2 Å². The first-order valence-electron chi connectivity index (χ1n) is 8.18. The normalized spacial score (nSPS) is 14.9. The highest BCUT2D eigenvalue weighted by atomic mass is 19.1. The van der Waals surface area contributed by atoms with Gasteiger partial charge in [-0.05, 0) is 36.8 Å². The molecule has 0 bridgehead atoms. The third kappa shape index (κ3) is 3.79. The molecule has 0 saturated carbocycles. The minimum Gasteiger partial charge on any atom is -0.508 e. The fourth-order valence-electron chi connectivity index (χ4n) is 2.95. The Kier molecular flexibility index (Phi) is 4.97. The van der Waals surface area contributed by atoms with Gasteiger partial charge in [-0.3, -0.25) is 9.59 Å². The molecule has 0 aromatic heterocycles. The van der Waals surface area contributed by atoms with Crippen molar-refractivity contribution in [3.8, 4) is 5.75 Å². The Morgan fingerprint density at radius 3 is 2.24 bits per heavy atom. The van der Waals surface area contributed by atoms with Gasteiger partial charge in [0.2, 0.25) is 0 Å². The third-order valence-corrected chi connectivity index (χ3v) is 4.27. The Hall–Kier alpha value is -2.89. The van der Waals surface area contributed by atoms with E-state index in [-0.39, 0.29) is 23.1 Å². The molecule has 0 unspecified atom stereocenters. The first-order chi connectivity index (χ1) is 12.1. The van der Waals surface area contributed by atoms with Gasteiger partial charge in [0, 0.05) is 31.7 Å². The summed E-state index contributed by atoms with van der Waals surface area (Å²) in [6.07, 6.45) is 0.616. The second kappa shape index (κ2) is 7.34. The second-order valence-corrected chi connectivity index (χ2v) is 5.97. The molecule has 25 heavy (non-hydrogen) atoms. The van der Waals surface area contributed by atoms with Crippen molar-refractivity contribution in [3.63, 3.8) is 0 Å². The standard InChI is InChI=1S/C19H19FN2O3/c20-17-8-2-1-7-16(17)19(25)22-10-4-9-21(11-12-22)18(24)14-5-3-6-15(23)13-14/h1-3,5-8,13,23H,4,9-12H2. The number of phenolic OH excluding ortho intramolecular Hbond substituents is 1. The van der Waals surface area contributed by atoms with Crippen molar-refractivity contribution in [2.24, 2.45) is 0 Å². The van der Waals surface area contributed by atoms with Crippen molar-refractivity contribution in [2.75, 3.05) is 26.2 Å². The highest BCUT2D eigenvalue weighted by Gasteiger charge is 2.24. The number of nitrogens with zero attached hydrogens (tertiary/aromatic N) is 2. The summed E-state index contributed by atoms with van der Waals surface area (Å²) < 4.78 is 13.8. The lowest BCUT2D eigenvalue weighted by Gasteiger charge is -2.22. The molecule has 5 nitrogen and oxygen atoms in total. The number of carbonyl (C=O) groups excluding carboxylic acids is 2. The van der Waals surface area contributed by atoms with Crippen LogP contribution < -0.4 is 0 Å². The van der Waals surface area contributed by atoms with E-state index in [0.717, 1.165) is 0 Å². The Morgan fingerprint density at radius 2 is 1.56 bits per heavy atom. The van der Waals surface area contributed by atoms with E-state index in [4.69, 9.17) is 0 Å². The molecule has 1 aliphatic rings. The zero-order valence-electron chi connectivity index (χ0n) is 13.7. The Bertz CT molecular complexity index is 794. The van der Waals surface area contributed by atoms with Gasteiger partial charge >= 0.3 is 0 Å². The number of aromatic hydroxyl groups is 1. The van der Waals surface area contributed by atoms with Crippen molar-refractivity contribution in [2.45, 2.75) is 6.42 Å². The second-order valence-electron chi connectivity index (χ2n) is 5.97. The summed E-state index contributed by atoms with van der Waals surface area (Å²) in [4.78, 5) is 28.3. The molecular formula is C19H19FN2O3. The number of rotatable bonds is 2. The molecule has 1 heterocycles. The van der Waals surface area contributed by atoms with E-state index in [1.165, 1.54) is 24.3 Å². The maximum atomic E-state index is 13.8. The molecule has 130 valence electrons. The largest absolute Gasteiger partial charge is 0.508 e. The summed E-state index contributed by atoms with van der Waals surface area (Å²) in [6, 6.07) is 12.1. The molecule has 0 aliphatic carbocycles. The van der Waals surface area contributed by atoms with Gasteiger partial charge in [0.15, 0.2) is 0 Å². The van der Waals surface area contributed by atoms with E-state index in [9.17, 15) is 19.1 Å². The van der Waals surface area contributed by atoms with Crippen LogP contribution in [0.15, 0.2) is 48.5 Å². The predicted octanol–water partition coefficient (Wildman–Crippen LogP) is 2.52. The highest BCUT2D eigenvalue weighted by Crippen LogP contribution is 2.16. The van der Waals surface area contributed by atoms with Crippen LogP contribution in [0.2, 0.25) is 0 Å². The number of hydrogen-bond acceptors (Lipinski definition) is 3. The molecule has 2 amide bonds. The lowest BCUT2D eigenvalue weighted by molar-refractivity contribution is 0.0716. The molecule has 1 aliphatic heterocycles. The molecule has 1 fully saturated rings. The Labute approximate surface area is 145 Å². The van der Waals surface area contributed by atoms with Crippen LogP contribution in [-0.4, -0.2) is 52.9 Å². The van der Waals surface area contributed by atoms with E-state index in [1.54, 1.807) is 34.1 Å². The molecule has 2 aromatic rings. The minimum atomic E-state index is -0.538. The van der Waals surface area contributed by atoms with Crippen LogP contribution >= 0.6 is 0 Å². The summed E-state index contributed by atoms with van der Waals surface area (Å²) in [7, 11) is 0. The van der Waals surface area contributed by atoms with Crippen LogP contribution in [0.5, 0.6) is 5.75 Å². The maximum Gasteiger partial charge on any atom is 0.256 e. The van der Waals surface area contributed by atoms with E-state index >= 15 is 0 Å². The van der Waals surface area contributed by atoms with Gasteiger partial charge in [0.05, 0.1) is 5.56 Å². The number of phenols is 1. The molecule has 2 aromatic carbocycles. The lowest BCUT2D eigenvalue weighted by atomic mass is 10.2. The molecule has 3 rings (SSSR count).